The number of nitrogens with two attached hydrogens (primary N) is 1. The van der Waals surface area contributed by atoms with Crippen molar-refractivity contribution in [2.45, 2.75) is 51.4 Å². The van der Waals surface area contributed by atoms with Gasteiger partial charge in [0, 0.05) is 0 Å². The number of esters is 1. The Hall–Kier alpha value is -1.71. The van der Waals surface area contributed by atoms with E-state index >= 15 is 0 Å². The maximum atomic E-state index is 12.4. The number of aryl methyl sites for hydroxylation is 1. The van der Waals surface area contributed by atoms with E-state index in [0.717, 1.165) is 37.7 Å². The molecule has 1 aromatic carbocycles. The first kappa shape index (κ1) is 15.2. The largest absolute Gasteiger partial charge is 0.506 e. The number of aromatic hydroxyl groups is 1. The fraction of sp³-hybridized carbons (Fsp3) is 0.611. The van der Waals surface area contributed by atoms with Crippen molar-refractivity contribution in [2.24, 2.45) is 11.3 Å². The molecule has 0 bridgehead atoms. The lowest BCUT2D eigenvalue weighted by Crippen LogP contribution is -2.52. The molecular weight excluding hydrogens is 278 g/mol. The SMILES string of the molecule is COC(=O)[C@@]1(C)CCC[C@]2(C)c3cc(O)c(N)cc3CC[C@@H]12. The molecular formula is C18H25NO3. The number of benzene rings is 1. The van der Waals surface area contributed by atoms with Crippen LogP contribution in [0.5, 0.6) is 5.75 Å². The van der Waals surface area contributed by atoms with Crippen LogP contribution in [0.4, 0.5) is 5.69 Å². The standard InChI is InChI=1S/C18H25NO3/c1-17-7-4-8-18(2,16(21)22-3)15(17)6-5-11-9-13(19)14(20)10-12(11)17/h9-10,15,20H,4-8,19H2,1-3H3/t15-,17-,18+/m1/s1. The van der Waals surface area contributed by atoms with E-state index in [0.29, 0.717) is 5.69 Å². The van der Waals surface area contributed by atoms with Gasteiger partial charge in [-0.1, -0.05) is 13.3 Å². The summed E-state index contributed by atoms with van der Waals surface area (Å²) in [6.07, 6.45) is 4.74. The third kappa shape index (κ3) is 1.93. The third-order valence-corrected chi connectivity index (χ3v) is 6.15. The highest BCUT2D eigenvalue weighted by molar-refractivity contribution is 5.77. The number of carbonyl (C=O) groups is 1. The molecule has 0 heterocycles. The summed E-state index contributed by atoms with van der Waals surface area (Å²) in [6.45, 7) is 4.27. The van der Waals surface area contributed by atoms with Gasteiger partial charge in [0.15, 0.2) is 0 Å². The van der Waals surface area contributed by atoms with Crippen LogP contribution >= 0.6 is 0 Å². The van der Waals surface area contributed by atoms with E-state index in [2.05, 4.69) is 6.92 Å². The molecule has 4 heteroatoms. The Balaban J connectivity index is 2.12. The number of fused-ring (bicyclic) bond motifs is 3. The fourth-order valence-corrected chi connectivity index (χ4v) is 5.00. The Bertz CT molecular complexity index is 627. The predicted molar refractivity (Wildman–Crippen MR) is 85.7 cm³/mol. The number of hydrogen-bond donors (Lipinski definition) is 2. The number of phenols is 1. The lowest BCUT2D eigenvalue weighted by molar-refractivity contribution is -0.161. The minimum Gasteiger partial charge on any atom is -0.506 e. The monoisotopic (exact) mass is 303 g/mol. The molecule has 0 aromatic heterocycles. The second-order valence-corrected chi connectivity index (χ2v) is 7.34. The maximum absolute atomic E-state index is 12.4. The van der Waals surface area contributed by atoms with Gasteiger partial charge < -0.3 is 15.6 Å². The fourth-order valence-electron chi connectivity index (χ4n) is 5.00. The summed E-state index contributed by atoms with van der Waals surface area (Å²) in [7, 11) is 1.48. The summed E-state index contributed by atoms with van der Waals surface area (Å²) >= 11 is 0. The van der Waals surface area contributed by atoms with Gasteiger partial charge in [-0.3, -0.25) is 4.79 Å². The van der Waals surface area contributed by atoms with Gasteiger partial charge in [0.05, 0.1) is 18.2 Å². The van der Waals surface area contributed by atoms with Crippen molar-refractivity contribution < 1.29 is 14.6 Å². The Morgan fingerprint density at radius 1 is 1.36 bits per heavy atom. The molecule has 1 aromatic rings. The quantitative estimate of drug-likeness (QED) is 0.475. The average molecular weight is 303 g/mol. The molecule has 3 N–H and O–H groups in total. The topological polar surface area (TPSA) is 72.5 Å². The summed E-state index contributed by atoms with van der Waals surface area (Å²) in [5.74, 6) is 0.272. The van der Waals surface area contributed by atoms with Crippen molar-refractivity contribution in [2.75, 3.05) is 12.8 Å². The minimum absolute atomic E-state index is 0.105. The maximum Gasteiger partial charge on any atom is 0.311 e. The van der Waals surface area contributed by atoms with E-state index in [4.69, 9.17) is 10.5 Å². The Morgan fingerprint density at radius 2 is 2.09 bits per heavy atom. The van der Waals surface area contributed by atoms with Gasteiger partial charge in [0.2, 0.25) is 0 Å². The first-order valence-electron chi connectivity index (χ1n) is 8.03. The normalized spacial score (nSPS) is 33.7. The van der Waals surface area contributed by atoms with E-state index in [-0.39, 0.29) is 23.1 Å². The van der Waals surface area contributed by atoms with Crippen LogP contribution in [0.25, 0.3) is 0 Å². The molecule has 3 rings (SSSR count). The molecule has 0 spiro atoms. The van der Waals surface area contributed by atoms with Crippen molar-refractivity contribution in [3.8, 4) is 5.75 Å². The van der Waals surface area contributed by atoms with E-state index in [1.54, 1.807) is 0 Å². The van der Waals surface area contributed by atoms with E-state index in [1.807, 2.05) is 19.1 Å². The van der Waals surface area contributed by atoms with Gasteiger partial charge in [-0.2, -0.15) is 0 Å². The van der Waals surface area contributed by atoms with Gasteiger partial charge in [-0.15, -0.1) is 0 Å². The summed E-state index contributed by atoms with van der Waals surface area (Å²) in [6, 6.07) is 3.72. The number of carbonyl (C=O) groups excluding carboxylic acids is 1. The second-order valence-electron chi connectivity index (χ2n) is 7.34. The number of anilines is 1. The molecule has 120 valence electrons. The van der Waals surface area contributed by atoms with Gasteiger partial charge in [-0.05, 0) is 67.2 Å². The predicted octanol–water partition coefficient (Wildman–Crippen LogP) is 3.16. The highest BCUT2D eigenvalue weighted by atomic mass is 16.5. The average Bonchev–Trinajstić information content (AvgIpc) is 2.48. The summed E-state index contributed by atoms with van der Waals surface area (Å²) in [4.78, 5) is 12.4. The second kappa shape index (κ2) is 4.90. The van der Waals surface area contributed by atoms with Crippen molar-refractivity contribution in [3.63, 3.8) is 0 Å². The van der Waals surface area contributed by atoms with Gasteiger partial charge >= 0.3 is 5.97 Å². The molecule has 2 aliphatic rings. The molecule has 2 aliphatic carbocycles. The number of ether oxygens (including phenoxy) is 1. The molecule has 3 atom stereocenters. The zero-order valence-electron chi connectivity index (χ0n) is 13.6. The zero-order chi connectivity index (χ0) is 16.1. The van der Waals surface area contributed by atoms with Gasteiger partial charge in [0.25, 0.3) is 0 Å². The molecule has 0 aliphatic heterocycles. The van der Waals surface area contributed by atoms with Gasteiger partial charge in [-0.25, -0.2) is 0 Å². The third-order valence-electron chi connectivity index (χ3n) is 6.15. The van der Waals surface area contributed by atoms with Crippen LogP contribution in [0.2, 0.25) is 0 Å². The first-order valence-corrected chi connectivity index (χ1v) is 8.03. The van der Waals surface area contributed by atoms with Crippen LogP contribution in [-0.4, -0.2) is 18.2 Å². The lowest BCUT2D eigenvalue weighted by atomic mass is 9.50. The van der Waals surface area contributed by atoms with Crippen LogP contribution in [0, 0.1) is 11.3 Å². The Kier molecular flexibility index (Phi) is 3.38. The van der Waals surface area contributed by atoms with E-state index in [1.165, 1.54) is 12.7 Å². The first-order chi connectivity index (χ1) is 10.3. The molecule has 0 amide bonds. The molecule has 0 saturated heterocycles. The summed E-state index contributed by atoms with van der Waals surface area (Å²) in [5, 5.41) is 10.0. The summed E-state index contributed by atoms with van der Waals surface area (Å²) in [5.41, 5.74) is 8.10. The molecule has 1 saturated carbocycles. The van der Waals surface area contributed by atoms with Crippen LogP contribution in [0.1, 0.15) is 50.7 Å². The van der Waals surface area contributed by atoms with Gasteiger partial charge in [0.1, 0.15) is 5.75 Å². The van der Waals surface area contributed by atoms with Crippen molar-refractivity contribution in [1.82, 2.24) is 0 Å². The minimum atomic E-state index is -0.448. The van der Waals surface area contributed by atoms with Crippen LogP contribution in [0.3, 0.4) is 0 Å². The van der Waals surface area contributed by atoms with Crippen LogP contribution in [-0.2, 0) is 21.4 Å². The molecule has 4 nitrogen and oxygen atoms in total. The van der Waals surface area contributed by atoms with Crippen LogP contribution < -0.4 is 5.73 Å². The molecule has 22 heavy (non-hydrogen) atoms. The number of rotatable bonds is 1. The highest BCUT2D eigenvalue weighted by Crippen LogP contribution is 2.58. The Labute approximate surface area is 131 Å². The molecule has 0 unspecified atom stereocenters. The Morgan fingerprint density at radius 3 is 2.77 bits per heavy atom. The van der Waals surface area contributed by atoms with E-state index in [9.17, 15) is 9.90 Å². The lowest BCUT2D eigenvalue weighted by Gasteiger charge is -2.54. The van der Waals surface area contributed by atoms with Crippen LogP contribution in [0.15, 0.2) is 12.1 Å². The summed E-state index contributed by atoms with van der Waals surface area (Å²) < 4.78 is 5.11. The number of methoxy groups -OCH3 is 1. The molecule has 0 radical (unpaired) electrons. The van der Waals surface area contributed by atoms with Crippen molar-refractivity contribution in [3.05, 3.63) is 23.3 Å². The van der Waals surface area contributed by atoms with Crippen molar-refractivity contribution in [1.29, 1.82) is 0 Å². The number of nitrogen functional groups attached to an aromatic ring is 1. The highest BCUT2D eigenvalue weighted by Gasteiger charge is 2.55. The number of hydrogen-bond acceptors (Lipinski definition) is 4. The zero-order valence-corrected chi connectivity index (χ0v) is 13.6. The smallest absolute Gasteiger partial charge is 0.311 e. The van der Waals surface area contributed by atoms with Crippen molar-refractivity contribution >= 4 is 11.7 Å². The van der Waals surface area contributed by atoms with E-state index < -0.39 is 5.41 Å². The molecule has 1 fully saturated rings. The number of phenolic OH excluding ortho intramolecular Hbond substituents is 1.